The molecule has 17 heavy (non-hydrogen) atoms. The second-order valence-corrected chi connectivity index (χ2v) is 4.82. The van der Waals surface area contributed by atoms with E-state index in [4.69, 9.17) is 4.52 Å². The van der Waals surface area contributed by atoms with Gasteiger partial charge in [-0.1, -0.05) is 13.0 Å². The van der Waals surface area contributed by atoms with Gasteiger partial charge in [-0.2, -0.15) is 0 Å². The Morgan fingerprint density at radius 1 is 1.35 bits per heavy atom. The van der Waals surface area contributed by atoms with Crippen LogP contribution in [0.15, 0.2) is 46.1 Å². The smallest absolute Gasteiger partial charge is 0.262 e. The van der Waals surface area contributed by atoms with Gasteiger partial charge in [0.05, 0.1) is 4.90 Å². The molecule has 0 aliphatic carbocycles. The average Bonchev–Trinajstić information content (AvgIpc) is 2.80. The largest absolute Gasteiger partial charge is 0.744 e. The van der Waals surface area contributed by atoms with Gasteiger partial charge in [-0.25, -0.2) is 12.9 Å². The van der Waals surface area contributed by atoms with Crippen LogP contribution in [0.25, 0.3) is 5.69 Å². The van der Waals surface area contributed by atoms with Gasteiger partial charge < -0.3 is 4.55 Å². The zero-order valence-corrected chi connectivity index (χ0v) is 9.98. The highest BCUT2D eigenvalue weighted by molar-refractivity contribution is 7.85. The molecular weight excluding hydrogens is 242 g/mol. The summed E-state index contributed by atoms with van der Waals surface area (Å²) < 4.78 is 40.0. The molecule has 5 nitrogen and oxygen atoms in total. The first-order chi connectivity index (χ1) is 8.04. The summed E-state index contributed by atoms with van der Waals surface area (Å²) in [5.74, 6) is 0. The molecule has 0 bridgehead atoms. The van der Waals surface area contributed by atoms with Crippen LogP contribution in [0.2, 0.25) is 0 Å². The van der Waals surface area contributed by atoms with E-state index < -0.39 is 10.1 Å². The molecule has 6 heteroatoms. The summed E-state index contributed by atoms with van der Waals surface area (Å²) in [6.07, 6.45) is 3.55. The van der Waals surface area contributed by atoms with Crippen molar-refractivity contribution < 1.29 is 22.2 Å². The van der Waals surface area contributed by atoms with Crippen LogP contribution < -0.4 is 4.74 Å². The van der Waals surface area contributed by atoms with E-state index in [9.17, 15) is 13.0 Å². The maximum atomic E-state index is 11.1. The highest BCUT2D eigenvalue weighted by Gasteiger charge is 2.20. The Bertz CT molecular complexity index is 617. The fourth-order valence-electron chi connectivity index (χ4n) is 1.74. The van der Waals surface area contributed by atoms with Gasteiger partial charge >= 0.3 is 0 Å². The van der Waals surface area contributed by atoms with Crippen LogP contribution in [0.4, 0.5) is 0 Å². The van der Waals surface area contributed by atoms with Gasteiger partial charge in [-0.3, -0.25) is 0 Å². The van der Waals surface area contributed by atoms with Crippen molar-refractivity contribution in [3.8, 4) is 5.69 Å². The van der Waals surface area contributed by atoms with Crippen LogP contribution in [0, 0.1) is 0 Å². The van der Waals surface area contributed by atoms with Gasteiger partial charge in [0.25, 0.3) is 5.69 Å². The van der Waals surface area contributed by atoms with E-state index >= 15 is 0 Å². The van der Waals surface area contributed by atoms with E-state index in [0.717, 1.165) is 0 Å². The first-order valence-electron chi connectivity index (χ1n) is 5.08. The van der Waals surface area contributed by atoms with Crippen molar-refractivity contribution in [1.82, 2.24) is 0 Å². The molecule has 0 aliphatic rings. The zero-order valence-electron chi connectivity index (χ0n) is 9.16. The van der Waals surface area contributed by atoms with Crippen molar-refractivity contribution in [3.05, 3.63) is 42.3 Å². The predicted octanol–water partition coefficient (Wildman–Crippen LogP) is 1.02. The van der Waals surface area contributed by atoms with Crippen molar-refractivity contribution in [2.75, 3.05) is 0 Å². The normalized spacial score (nSPS) is 11.6. The second kappa shape index (κ2) is 4.31. The van der Waals surface area contributed by atoms with Crippen molar-refractivity contribution >= 4 is 10.1 Å². The van der Waals surface area contributed by atoms with Crippen LogP contribution in [-0.2, 0) is 16.5 Å². The van der Waals surface area contributed by atoms with Crippen LogP contribution in [0.3, 0.4) is 0 Å². The van der Waals surface area contributed by atoms with E-state index in [0.29, 0.717) is 17.7 Å². The van der Waals surface area contributed by atoms with Crippen LogP contribution in [-0.4, -0.2) is 13.0 Å². The van der Waals surface area contributed by atoms with Crippen molar-refractivity contribution in [2.45, 2.75) is 18.2 Å². The summed E-state index contributed by atoms with van der Waals surface area (Å²) in [6, 6.07) is 6.22. The summed E-state index contributed by atoms with van der Waals surface area (Å²) >= 11 is 0. The Balaban J connectivity index is 2.71. The summed E-state index contributed by atoms with van der Waals surface area (Å²) in [5.41, 5.74) is 1.02. The molecule has 2 rings (SSSR count). The molecule has 0 amide bonds. The van der Waals surface area contributed by atoms with Crippen LogP contribution >= 0.6 is 0 Å². The third kappa shape index (κ3) is 2.22. The lowest BCUT2D eigenvalue weighted by molar-refractivity contribution is -0.784. The molecular formula is C11H11NO4S. The molecule has 0 fully saturated rings. The van der Waals surface area contributed by atoms with Crippen molar-refractivity contribution in [1.29, 1.82) is 0 Å². The minimum atomic E-state index is -4.46. The number of nitrogens with zero attached hydrogens (tertiary/aromatic N) is 1. The summed E-state index contributed by atoms with van der Waals surface area (Å²) in [7, 11) is -4.46. The summed E-state index contributed by atoms with van der Waals surface area (Å²) in [5, 5.41) is 0. The van der Waals surface area contributed by atoms with Crippen LogP contribution in [0.5, 0.6) is 0 Å². The molecule has 0 unspecified atom stereocenters. The first kappa shape index (κ1) is 11.8. The summed E-state index contributed by atoms with van der Waals surface area (Å²) in [6.45, 7) is 1.79. The van der Waals surface area contributed by atoms with E-state index in [-0.39, 0.29) is 4.90 Å². The predicted molar refractivity (Wildman–Crippen MR) is 57.6 cm³/mol. The van der Waals surface area contributed by atoms with E-state index in [2.05, 4.69) is 0 Å². The maximum Gasteiger partial charge on any atom is 0.262 e. The minimum Gasteiger partial charge on any atom is -0.744 e. The Kier molecular flexibility index (Phi) is 2.99. The van der Waals surface area contributed by atoms with Gasteiger partial charge in [0.15, 0.2) is 6.26 Å². The minimum absolute atomic E-state index is 0.193. The number of hydrogen-bond donors (Lipinski definition) is 0. The first-order valence-corrected chi connectivity index (χ1v) is 6.48. The van der Waals surface area contributed by atoms with Gasteiger partial charge in [0.1, 0.15) is 10.1 Å². The quantitative estimate of drug-likeness (QED) is 0.604. The number of aromatic nitrogens is 1. The van der Waals surface area contributed by atoms with E-state index in [1.807, 2.05) is 0 Å². The molecule has 0 spiro atoms. The fraction of sp³-hybridized carbons (Fsp3) is 0.182. The van der Waals surface area contributed by atoms with Crippen molar-refractivity contribution in [3.63, 3.8) is 0 Å². The van der Waals surface area contributed by atoms with Gasteiger partial charge in [-0.15, -0.1) is 0 Å². The lowest BCUT2D eigenvalue weighted by Crippen LogP contribution is -2.29. The SMILES string of the molecule is CCc1c(-[n+]2ccco2)cccc1S(=O)(=O)[O-]. The number of rotatable bonds is 3. The third-order valence-electron chi connectivity index (χ3n) is 2.44. The third-order valence-corrected chi connectivity index (χ3v) is 3.36. The Morgan fingerprint density at radius 2 is 2.12 bits per heavy atom. The monoisotopic (exact) mass is 253 g/mol. The molecule has 0 radical (unpaired) electrons. The van der Waals surface area contributed by atoms with Gasteiger partial charge in [0.2, 0.25) is 6.20 Å². The molecule has 0 saturated heterocycles. The second-order valence-electron chi connectivity index (χ2n) is 3.47. The number of benzene rings is 1. The molecule has 0 aliphatic heterocycles. The Morgan fingerprint density at radius 3 is 2.65 bits per heavy atom. The molecule has 0 N–H and O–H groups in total. The Hall–Kier alpha value is -1.66. The van der Waals surface area contributed by atoms with Gasteiger partial charge in [0, 0.05) is 22.4 Å². The molecule has 1 aromatic carbocycles. The van der Waals surface area contributed by atoms with Crippen molar-refractivity contribution in [2.24, 2.45) is 0 Å². The topological polar surface area (TPSA) is 74.2 Å². The van der Waals surface area contributed by atoms with E-state index in [1.54, 1.807) is 25.3 Å². The molecule has 1 aromatic heterocycles. The Labute approximate surface area is 99.0 Å². The highest BCUT2D eigenvalue weighted by Crippen LogP contribution is 2.20. The van der Waals surface area contributed by atoms with Gasteiger partial charge in [-0.05, 0) is 12.5 Å². The molecule has 2 aromatic rings. The molecule has 90 valence electrons. The average molecular weight is 253 g/mol. The number of hydrogen-bond acceptors (Lipinski definition) is 4. The molecule has 1 heterocycles. The standard InChI is InChI=1S/C11H11NO4S/c1-2-9-10(12-7-4-8-16-12)5-3-6-11(9)17(13,14)15/h3-8H,2H2,1H3. The fourth-order valence-corrected chi connectivity index (χ4v) is 2.53. The van der Waals surface area contributed by atoms with E-state index in [1.165, 1.54) is 23.1 Å². The highest BCUT2D eigenvalue weighted by atomic mass is 32.2. The maximum absolute atomic E-state index is 11.1. The molecule has 0 saturated carbocycles. The summed E-state index contributed by atoms with van der Waals surface area (Å²) in [4.78, 5) is -0.193. The molecule has 0 atom stereocenters. The zero-order chi connectivity index (χ0) is 12.5. The lowest BCUT2D eigenvalue weighted by Gasteiger charge is -2.11. The van der Waals surface area contributed by atoms with Crippen LogP contribution in [0.1, 0.15) is 12.5 Å². The lowest BCUT2D eigenvalue weighted by atomic mass is 10.1.